The molecule has 0 atom stereocenters. The van der Waals surface area contributed by atoms with Crippen molar-refractivity contribution in [2.24, 2.45) is 0 Å². The Hall–Kier alpha value is -2.07. The number of unbranched alkanes of at least 4 members (excludes halogenated alkanes) is 1. The van der Waals surface area contributed by atoms with Gasteiger partial charge in [0.1, 0.15) is 0 Å². The second-order valence-electron chi connectivity index (χ2n) is 5.47. The molecule has 108 valence electrons. The van der Waals surface area contributed by atoms with Crippen LogP contribution >= 0.6 is 0 Å². The molecule has 0 radical (unpaired) electrons. The topological polar surface area (TPSA) is 3.88 Å². The van der Waals surface area contributed by atoms with Crippen molar-refractivity contribution in [3.8, 4) is 11.8 Å². The van der Waals surface area contributed by atoms with E-state index in [1.165, 1.54) is 30.4 Å². The quantitative estimate of drug-likeness (QED) is 0.573. The Labute approximate surface area is 128 Å². The molecule has 0 aliphatic heterocycles. The van der Waals surface area contributed by atoms with Crippen LogP contribution in [0.2, 0.25) is 0 Å². The number of nitrogens with zero attached hydrogens (tertiary/aromatic N) is 1. The van der Waals surface area contributed by atoms with E-state index in [1.807, 2.05) is 0 Å². The Balaban J connectivity index is 1.85. The van der Waals surface area contributed by atoms with E-state index in [4.69, 9.17) is 0 Å². The maximum atomic E-state index is 3.26. The van der Waals surface area contributed by atoms with E-state index in [2.05, 4.69) is 79.0 Å². The number of hydrogen-bond donors (Lipinski definition) is 0. The number of benzene rings is 1. The summed E-state index contributed by atoms with van der Waals surface area (Å²) in [6.07, 6.45) is 8.82. The Morgan fingerprint density at radius 3 is 2.62 bits per heavy atom. The van der Waals surface area contributed by atoms with Gasteiger partial charge in [-0.05, 0) is 43.5 Å². The molecular formula is C20H24N+. The predicted molar refractivity (Wildman–Crippen MR) is 87.9 cm³/mol. The maximum absolute atomic E-state index is 3.26. The van der Waals surface area contributed by atoms with E-state index < -0.39 is 0 Å². The summed E-state index contributed by atoms with van der Waals surface area (Å²) in [5, 5.41) is 0. The number of aromatic nitrogens is 1. The summed E-state index contributed by atoms with van der Waals surface area (Å²) in [4.78, 5) is 0. The van der Waals surface area contributed by atoms with Crippen LogP contribution < -0.4 is 4.57 Å². The molecular weight excluding hydrogens is 254 g/mol. The molecule has 0 bridgehead atoms. The van der Waals surface area contributed by atoms with Gasteiger partial charge in [-0.3, -0.25) is 0 Å². The molecule has 0 saturated heterocycles. The molecule has 0 spiro atoms. The molecule has 0 unspecified atom stereocenters. The summed E-state index contributed by atoms with van der Waals surface area (Å²) in [6.45, 7) is 5.29. The standard InChI is InChI=1S/C20H24N/c1-3-4-9-19-11-13-20(14-12-19)10-5-6-15-21-16-7-8-18(2)17-21/h7-8,11-14,16-17H,3-4,6,9,15H2,1-2H3/q+1. The Kier molecular flexibility index (Phi) is 6.03. The van der Waals surface area contributed by atoms with Crippen LogP contribution in [-0.2, 0) is 13.0 Å². The highest BCUT2D eigenvalue weighted by Crippen LogP contribution is 2.07. The van der Waals surface area contributed by atoms with Gasteiger partial charge in [-0.1, -0.05) is 37.3 Å². The summed E-state index contributed by atoms with van der Waals surface area (Å²) in [5.74, 6) is 6.51. The van der Waals surface area contributed by atoms with Gasteiger partial charge in [-0.2, -0.15) is 0 Å². The highest BCUT2D eigenvalue weighted by molar-refractivity contribution is 5.36. The van der Waals surface area contributed by atoms with E-state index in [0.29, 0.717) is 0 Å². The highest BCUT2D eigenvalue weighted by Gasteiger charge is 1.97. The van der Waals surface area contributed by atoms with Gasteiger partial charge in [0.05, 0.1) is 6.42 Å². The van der Waals surface area contributed by atoms with Crippen LogP contribution in [0.4, 0.5) is 0 Å². The minimum atomic E-state index is 0.881. The summed E-state index contributed by atoms with van der Waals surface area (Å²) >= 11 is 0. The van der Waals surface area contributed by atoms with Crippen LogP contribution in [0.25, 0.3) is 0 Å². The molecule has 0 fully saturated rings. The average molecular weight is 278 g/mol. The van der Waals surface area contributed by atoms with Crippen molar-refractivity contribution in [3.05, 3.63) is 65.5 Å². The van der Waals surface area contributed by atoms with Crippen molar-refractivity contribution in [2.75, 3.05) is 0 Å². The molecule has 2 rings (SSSR count). The maximum Gasteiger partial charge on any atom is 0.171 e. The molecule has 0 aliphatic carbocycles. The van der Waals surface area contributed by atoms with Crippen LogP contribution in [0, 0.1) is 18.8 Å². The minimum Gasteiger partial charge on any atom is -0.204 e. The van der Waals surface area contributed by atoms with Crippen molar-refractivity contribution >= 4 is 0 Å². The lowest BCUT2D eigenvalue weighted by atomic mass is 10.1. The van der Waals surface area contributed by atoms with Gasteiger partial charge in [-0.15, -0.1) is 0 Å². The first kappa shape index (κ1) is 15.3. The minimum absolute atomic E-state index is 0.881. The van der Waals surface area contributed by atoms with Gasteiger partial charge >= 0.3 is 0 Å². The Morgan fingerprint density at radius 1 is 1.10 bits per heavy atom. The third kappa shape index (κ3) is 5.44. The van der Waals surface area contributed by atoms with Crippen molar-refractivity contribution in [1.82, 2.24) is 0 Å². The van der Waals surface area contributed by atoms with Crippen LogP contribution in [0.15, 0.2) is 48.8 Å². The third-order valence-corrected chi connectivity index (χ3v) is 3.51. The van der Waals surface area contributed by atoms with Gasteiger partial charge in [0.15, 0.2) is 18.9 Å². The Morgan fingerprint density at radius 2 is 1.90 bits per heavy atom. The molecule has 0 aliphatic rings. The molecule has 2 aromatic rings. The van der Waals surface area contributed by atoms with Crippen molar-refractivity contribution in [3.63, 3.8) is 0 Å². The first-order valence-corrected chi connectivity index (χ1v) is 7.81. The van der Waals surface area contributed by atoms with Crippen LogP contribution in [0.1, 0.15) is 42.9 Å². The zero-order valence-electron chi connectivity index (χ0n) is 13.1. The largest absolute Gasteiger partial charge is 0.204 e. The summed E-state index contributed by atoms with van der Waals surface area (Å²) in [7, 11) is 0. The van der Waals surface area contributed by atoms with E-state index in [-0.39, 0.29) is 0 Å². The summed E-state index contributed by atoms with van der Waals surface area (Å²) in [5.41, 5.74) is 3.82. The van der Waals surface area contributed by atoms with Gasteiger partial charge < -0.3 is 0 Å². The number of hydrogen-bond acceptors (Lipinski definition) is 0. The van der Waals surface area contributed by atoms with Gasteiger partial charge in [-0.25, -0.2) is 4.57 Å². The summed E-state index contributed by atoms with van der Waals surface area (Å²) in [6, 6.07) is 12.9. The lowest BCUT2D eigenvalue weighted by Gasteiger charge is -1.99. The Bertz CT molecular complexity index is 614. The fourth-order valence-corrected chi connectivity index (χ4v) is 2.28. The number of rotatable bonds is 5. The van der Waals surface area contributed by atoms with E-state index in [0.717, 1.165) is 18.5 Å². The van der Waals surface area contributed by atoms with E-state index >= 15 is 0 Å². The molecule has 1 heteroatoms. The first-order valence-electron chi connectivity index (χ1n) is 7.81. The lowest BCUT2D eigenvalue weighted by molar-refractivity contribution is -0.696. The first-order chi connectivity index (χ1) is 10.3. The fourth-order valence-electron chi connectivity index (χ4n) is 2.28. The normalized spacial score (nSPS) is 10.0. The molecule has 1 heterocycles. The number of aryl methyl sites for hydroxylation is 3. The van der Waals surface area contributed by atoms with Crippen molar-refractivity contribution in [1.29, 1.82) is 0 Å². The molecule has 0 N–H and O–H groups in total. The molecule has 0 amide bonds. The second kappa shape index (κ2) is 8.27. The summed E-state index contributed by atoms with van der Waals surface area (Å²) < 4.78 is 2.19. The van der Waals surface area contributed by atoms with Crippen molar-refractivity contribution in [2.45, 2.75) is 46.1 Å². The monoisotopic (exact) mass is 278 g/mol. The molecule has 21 heavy (non-hydrogen) atoms. The number of pyridine rings is 1. The lowest BCUT2D eigenvalue weighted by Crippen LogP contribution is -2.32. The zero-order valence-corrected chi connectivity index (χ0v) is 13.1. The molecule has 1 nitrogen and oxygen atoms in total. The highest BCUT2D eigenvalue weighted by atomic mass is 14.9. The van der Waals surface area contributed by atoms with Crippen LogP contribution in [-0.4, -0.2) is 0 Å². The van der Waals surface area contributed by atoms with Crippen molar-refractivity contribution < 1.29 is 4.57 Å². The zero-order chi connectivity index (χ0) is 14.9. The SMILES string of the molecule is CCCCc1ccc(C#CCC[n+]2cccc(C)c2)cc1. The van der Waals surface area contributed by atoms with Crippen LogP contribution in [0.3, 0.4) is 0 Å². The predicted octanol–water partition coefficient (Wildman–Crippen LogP) is 4.07. The fraction of sp³-hybridized carbons (Fsp3) is 0.350. The van der Waals surface area contributed by atoms with E-state index in [1.54, 1.807) is 0 Å². The van der Waals surface area contributed by atoms with Crippen LogP contribution in [0.5, 0.6) is 0 Å². The molecule has 1 aromatic carbocycles. The van der Waals surface area contributed by atoms with Gasteiger partial charge in [0.25, 0.3) is 0 Å². The molecule has 0 saturated carbocycles. The van der Waals surface area contributed by atoms with Gasteiger partial charge in [0.2, 0.25) is 0 Å². The average Bonchev–Trinajstić information content (AvgIpc) is 2.51. The smallest absolute Gasteiger partial charge is 0.171 e. The second-order valence-corrected chi connectivity index (χ2v) is 5.47. The third-order valence-electron chi connectivity index (χ3n) is 3.51. The molecule has 1 aromatic heterocycles. The van der Waals surface area contributed by atoms with Gasteiger partial charge in [0, 0.05) is 17.2 Å². The van der Waals surface area contributed by atoms with E-state index in [9.17, 15) is 0 Å².